The van der Waals surface area contributed by atoms with Crippen LogP contribution in [0.5, 0.6) is 0 Å². The second kappa shape index (κ2) is 14.7. The summed E-state index contributed by atoms with van der Waals surface area (Å²) in [7, 11) is 0. The Morgan fingerprint density at radius 1 is 0.600 bits per heavy atom. The Bertz CT molecular complexity index is 1350. The highest BCUT2D eigenvalue weighted by molar-refractivity contribution is 7.99. The first kappa shape index (κ1) is 30.2. The van der Waals surface area contributed by atoms with Crippen LogP contribution >= 0.6 is 35.3 Å². The highest BCUT2D eigenvalue weighted by Gasteiger charge is 2.11. The molecule has 3 aromatic carbocycles. The molecule has 4 aromatic rings. The zero-order valence-electron chi connectivity index (χ0n) is 23.8. The summed E-state index contributed by atoms with van der Waals surface area (Å²) >= 11 is 4.97. The zero-order chi connectivity index (χ0) is 28.5. The van der Waals surface area contributed by atoms with Crippen LogP contribution in [0.25, 0.3) is 11.1 Å². The maximum atomic E-state index is 4.82. The first-order valence-corrected chi connectivity index (χ1v) is 16.5. The summed E-state index contributed by atoms with van der Waals surface area (Å²) in [6.45, 7) is 16.6. The monoisotopic (exact) mass is 583 g/mol. The van der Waals surface area contributed by atoms with Gasteiger partial charge in [-0.2, -0.15) is 15.0 Å². The van der Waals surface area contributed by atoms with Gasteiger partial charge in [-0.05, 0) is 59.6 Å². The van der Waals surface area contributed by atoms with Crippen molar-refractivity contribution in [3.05, 3.63) is 119 Å². The van der Waals surface area contributed by atoms with Gasteiger partial charge in [-0.1, -0.05) is 146 Å². The summed E-state index contributed by atoms with van der Waals surface area (Å²) in [5, 5.41) is 2.28. The van der Waals surface area contributed by atoms with Crippen LogP contribution in [0.4, 0.5) is 0 Å². The van der Waals surface area contributed by atoms with Gasteiger partial charge in [-0.3, -0.25) is 0 Å². The van der Waals surface area contributed by atoms with E-state index in [2.05, 4.69) is 99.8 Å². The van der Waals surface area contributed by atoms with Crippen molar-refractivity contribution in [2.45, 2.75) is 72.8 Å². The minimum absolute atomic E-state index is 0.582. The summed E-state index contributed by atoms with van der Waals surface area (Å²) in [6, 6.07) is 26.1. The van der Waals surface area contributed by atoms with Crippen molar-refractivity contribution < 1.29 is 0 Å². The van der Waals surface area contributed by atoms with Crippen molar-refractivity contribution in [2.75, 3.05) is 0 Å². The first-order chi connectivity index (χ1) is 19.3. The summed E-state index contributed by atoms with van der Waals surface area (Å²) < 4.78 is 0. The molecule has 0 spiro atoms. The van der Waals surface area contributed by atoms with Gasteiger partial charge in [0.25, 0.3) is 0 Å². The molecule has 0 N–H and O–H groups in total. The number of allylic oxidation sites excluding steroid dienone is 2. The van der Waals surface area contributed by atoms with E-state index in [4.69, 9.17) is 15.0 Å². The van der Waals surface area contributed by atoms with Gasteiger partial charge in [0, 0.05) is 17.3 Å². The Hall–Kier alpha value is -2.80. The summed E-state index contributed by atoms with van der Waals surface area (Å²) in [6.07, 6.45) is 1.15. The van der Waals surface area contributed by atoms with Crippen molar-refractivity contribution in [3.8, 4) is 0 Å². The van der Waals surface area contributed by atoms with Crippen molar-refractivity contribution in [1.82, 2.24) is 15.0 Å². The van der Waals surface area contributed by atoms with E-state index in [1.54, 1.807) is 35.3 Å². The van der Waals surface area contributed by atoms with E-state index in [1.165, 1.54) is 33.4 Å². The molecule has 4 rings (SSSR count). The molecule has 0 fully saturated rings. The van der Waals surface area contributed by atoms with E-state index in [9.17, 15) is 0 Å². The molecule has 1 heterocycles. The zero-order valence-corrected chi connectivity index (χ0v) is 26.3. The fourth-order valence-electron chi connectivity index (χ4n) is 3.91. The van der Waals surface area contributed by atoms with Gasteiger partial charge in [0.1, 0.15) is 0 Å². The summed E-state index contributed by atoms with van der Waals surface area (Å²) in [5.41, 5.74) is 9.61. The fourth-order valence-corrected chi connectivity index (χ4v) is 6.45. The number of aromatic nitrogens is 3. The minimum Gasteiger partial charge on any atom is -0.196 e. The Morgan fingerprint density at radius 3 is 1.23 bits per heavy atom. The number of thioether (sulfide) groups is 3. The quantitative estimate of drug-likeness (QED) is 0.146. The van der Waals surface area contributed by atoms with Crippen LogP contribution in [0.15, 0.2) is 101 Å². The molecule has 0 saturated heterocycles. The normalized spacial score (nSPS) is 11.8. The maximum Gasteiger partial charge on any atom is 0.192 e. The third-order valence-corrected chi connectivity index (χ3v) is 9.49. The minimum atomic E-state index is 0.582. The molecule has 0 aliphatic carbocycles. The van der Waals surface area contributed by atoms with E-state index >= 15 is 0 Å². The lowest BCUT2D eigenvalue weighted by Crippen LogP contribution is -1.98. The lowest BCUT2D eigenvalue weighted by molar-refractivity contribution is 0.717. The summed E-state index contributed by atoms with van der Waals surface area (Å²) in [4.78, 5) is 14.5. The molecule has 0 radical (unpaired) electrons. The van der Waals surface area contributed by atoms with Crippen LogP contribution < -0.4 is 0 Å². The van der Waals surface area contributed by atoms with E-state index in [0.29, 0.717) is 5.92 Å². The number of nitrogens with zero attached hydrogens (tertiary/aromatic N) is 3. The molecule has 206 valence electrons. The van der Waals surface area contributed by atoms with Gasteiger partial charge in [0.2, 0.25) is 0 Å². The molecule has 0 aliphatic heterocycles. The van der Waals surface area contributed by atoms with Crippen molar-refractivity contribution in [2.24, 2.45) is 0 Å². The van der Waals surface area contributed by atoms with Crippen LogP contribution in [-0.4, -0.2) is 15.0 Å². The van der Waals surface area contributed by atoms with Crippen LogP contribution in [0, 0.1) is 0 Å². The Morgan fingerprint density at radius 2 is 0.925 bits per heavy atom. The number of benzene rings is 3. The fraction of sp³-hybridized carbons (Fsp3) is 0.265. The molecular formula is C34H37N3S3. The Balaban J connectivity index is 1.47. The van der Waals surface area contributed by atoms with Crippen molar-refractivity contribution in [1.29, 1.82) is 0 Å². The highest BCUT2D eigenvalue weighted by atomic mass is 32.2. The smallest absolute Gasteiger partial charge is 0.192 e. The molecule has 3 nitrogen and oxygen atoms in total. The molecular weight excluding hydrogens is 547 g/mol. The van der Waals surface area contributed by atoms with Gasteiger partial charge in [0.05, 0.1) is 0 Å². The largest absolute Gasteiger partial charge is 0.196 e. The molecule has 1 atom stereocenters. The van der Waals surface area contributed by atoms with Gasteiger partial charge in [-0.15, -0.1) is 0 Å². The second-order valence-electron chi connectivity index (χ2n) is 10.1. The third kappa shape index (κ3) is 8.85. The SMILES string of the molecule is C=C(C)c1ccc(CSc2nc(SCc3ccc(C(=C)C)cc3)nc(SCc3ccc(C(C)CC)cc3)n2)cc1. The lowest BCUT2D eigenvalue weighted by atomic mass is 9.98. The van der Waals surface area contributed by atoms with Gasteiger partial charge in [-0.25, -0.2) is 0 Å². The molecule has 0 aliphatic rings. The Labute approximate surface area is 252 Å². The Kier molecular flexibility index (Phi) is 11.1. The van der Waals surface area contributed by atoms with E-state index in [1.807, 2.05) is 13.8 Å². The molecule has 1 unspecified atom stereocenters. The van der Waals surface area contributed by atoms with Crippen LogP contribution in [0.1, 0.15) is 73.4 Å². The number of hydrogen-bond acceptors (Lipinski definition) is 6. The van der Waals surface area contributed by atoms with Crippen molar-refractivity contribution >= 4 is 46.4 Å². The molecule has 0 saturated carbocycles. The van der Waals surface area contributed by atoms with E-state index in [-0.39, 0.29) is 0 Å². The van der Waals surface area contributed by atoms with Gasteiger partial charge >= 0.3 is 0 Å². The second-order valence-corrected chi connectivity index (χ2v) is 12.9. The van der Waals surface area contributed by atoms with Crippen molar-refractivity contribution in [3.63, 3.8) is 0 Å². The van der Waals surface area contributed by atoms with Gasteiger partial charge < -0.3 is 0 Å². The molecule has 0 amide bonds. The predicted molar refractivity (Wildman–Crippen MR) is 176 cm³/mol. The molecule has 40 heavy (non-hydrogen) atoms. The summed E-state index contributed by atoms with van der Waals surface area (Å²) in [5.74, 6) is 3.00. The first-order valence-electron chi connectivity index (χ1n) is 13.5. The number of hydrogen-bond donors (Lipinski definition) is 0. The third-order valence-electron chi connectivity index (χ3n) is 6.73. The molecule has 0 bridgehead atoms. The lowest BCUT2D eigenvalue weighted by Gasteiger charge is -2.10. The van der Waals surface area contributed by atoms with Crippen LogP contribution in [0.3, 0.4) is 0 Å². The predicted octanol–water partition coefficient (Wildman–Crippen LogP) is 10.3. The van der Waals surface area contributed by atoms with E-state index in [0.717, 1.165) is 50.3 Å². The maximum absolute atomic E-state index is 4.82. The highest BCUT2D eigenvalue weighted by Crippen LogP contribution is 2.29. The number of rotatable bonds is 13. The van der Waals surface area contributed by atoms with E-state index < -0.39 is 0 Å². The standard InChI is InChI=1S/C34H37N3S3/c1-7-25(6)31-18-12-28(13-19-31)22-40-34-36-32(38-20-26-8-14-29(15-9-26)23(2)3)35-33(37-34)39-21-27-10-16-30(17-11-27)24(4)5/h8-19,25H,2,4,7,20-22H2,1,3,5-6H3. The average molecular weight is 584 g/mol. The molecule has 6 heteroatoms. The van der Waals surface area contributed by atoms with Crippen LogP contribution in [-0.2, 0) is 17.3 Å². The van der Waals surface area contributed by atoms with Crippen LogP contribution in [0.2, 0.25) is 0 Å². The topological polar surface area (TPSA) is 38.7 Å². The van der Waals surface area contributed by atoms with Gasteiger partial charge in [0.15, 0.2) is 15.5 Å². The average Bonchev–Trinajstić information content (AvgIpc) is 2.98. The molecule has 1 aromatic heterocycles.